The number of aromatic amines is 3. The van der Waals surface area contributed by atoms with Crippen molar-refractivity contribution in [3.8, 4) is 0 Å². The number of carbonyl (C=O) groups excluding carboxylic acids is 1. The number of imidazole rings is 1. The van der Waals surface area contributed by atoms with E-state index in [1.165, 1.54) is 6.33 Å². The second-order valence-electron chi connectivity index (χ2n) is 3.55. The maximum absolute atomic E-state index is 10.5. The number of rotatable bonds is 2. The first-order valence-electron chi connectivity index (χ1n) is 5.18. The first kappa shape index (κ1) is 21.1. The number of nitrogens with one attached hydrogen (secondary N) is 3. The van der Waals surface area contributed by atoms with Gasteiger partial charge in [0.05, 0.1) is 6.33 Å². The highest BCUT2D eigenvalue weighted by Gasteiger charge is 2.05. The van der Waals surface area contributed by atoms with Crippen LogP contribution in [-0.2, 0) is 0 Å². The number of aromatic nitrogens is 4. The minimum Gasteiger partial charge on any atom is -0.477 e. The Hall–Kier alpha value is -3.25. The third-order valence-corrected chi connectivity index (χ3v) is 2.05. The van der Waals surface area contributed by atoms with Crippen molar-refractivity contribution in [2.24, 2.45) is 5.73 Å². The summed E-state index contributed by atoms with van der Waals surface area (Å²) in [5, 5.41) is 8.31. The lowest BCUT2D eigenvalue weighted by Gasteiger charge is -1.89. The number of aromatic carboxylic acids is 1. The Morgan fingerprint density at radius 3 is 2.14 bits per heavy atom. The van der Waals surface area contributed by atoms with E-state index >= 15 is 0 Å². The summed E-state index contributed by atoms with van der Waals surface area (Å²) in [4.78, 5) is 51.7. The van der Waals surface area contributed by atoms with Crippen LogP contribution >= 0.6 is 0 Å². The van der Waals surface area contributed by atoms with E-state index < -0.39 is 28.8 Å². The van der Waals surface area contributed by atoms with Crippen molar-refractivity contribution < 1.29 is 25.6 Å². The molecule has 0 spiro atoms. The zero-order valence-corrected chi connectivity index (χ0v) is 11.3. The molecule has 22 heavy (non-hydrogen) atoms. The van der Waals surface area contributed by atoms with E-state index in [9.17, 15) is 19.2 Å². The van der Waals surface area contributed by atoms with Crippen molar-refractivity contribution in [3.05, 3.63) is 50.3 Å². The van der Waals surface area contributed by atoms with E-state index in [0.29, 0.717) is 11.4 Å². The molecule has 2 aromatic heterocycles. The zero-order chi connectivity index (χ0) is 15.3. The highest BCUT2D eigenvalue weighted by atomic mass is 16.4. The number of primary amides is 1. The van der Waals surface area contributed by atoms with Crippen molar-refractivity contribution in [2.75, 3.05) is 0 Å². The molecule has 0 aliphatic heterocycles. The molecule has 12 nitrogen and oxygen atoms in total. The van der Waals surface area contributed by atoms with Gasteiger partial charge in [0.1, 0.15) is 11.4 Å². The quantitative estimate of drug-likeness (QED) is 0.384. The first-order chi connectivity index (χ1) is 9.31. The number of hydrogen-bond donors (Lipinski definition) is 5. The standard InChI is InChI=1S/C5H7N3O.C5H4N2O4.2H2O/c1-3-4(5(6)9)8-2-7-3;8-3-1-2(4(9)10)6-5(11)7-3;;/h2H,1H3,(H2,6,9)(H,7,8);1H,(H,9,10)(H2,6,7,8,11);2*1H2. The summed E-state index contributed by atoms with van der Waals surface area (Å²) >= 11 is 0. The molecule has 0 aliphatic rings. The van der Waals surface area contributed by atoms with Gasteiger partial charge in [0, 0.05) is 11.8 Å². The van der Waals surface area contributed by atoms with Gasteiger partial charge in [0.15, 0.2) is 0 Å². The van der Waals surface area contributed by atoms with Gasteiger partial charge in [-0.2, -0.15) is 0 Å². The molecule has 0 saturated carbocycles. The van der Waals surface area contributed by atoms with Crippen LogP contribution in [0.2, 0.25) is 0 Å². The fraction of sp³-hybridized carbons (Fsp3) is 0.100. The number of carbonyl (C=O) groups is 2. The van der Waals surface area contributed by atoms with Crippen LogP contribution in [0.1, 0.15) is 26.7 Å². The highest BCUT2D eigenvalue weighted by molar-refractivity contribution is 5.91. The van der Waals surface area contributed by atoms with Crippen molar-refractivity contribution in [1.29, 1.82) is 0 Å². The number of hydrogen-bond acceptors (Lipinski definition) is 5. The van der Waals surface area contributed by atoms with Crippen LogP contribution in [0.3, 0.4) is 0 Å². The summed E-state index contributed by atoms with van der Waals surface area (Å²) < 4.78 is 0. The Kier molecular flexibility index (Phi) is 8.45. The number of H-pyrrole nitrogens is 3. The van der Waals surface area contributed by atoms with Crippen molar-refractivity contribution in [3.63, 3.8) is 0 Å². The third kappa shape index (κ3) is 5.81. The topological polar surface area (TPSA) is 238 Å². The lowest BCUT2D eigenvalue weighted by molar-refractivity contribution is 0.0689. The second kappa shape index (κ2) is 8.83. The zero-order valence-electron chi connectivity index (χ0n) is 11.3. The molecule has 2 heterocycles. The van der Waals surface area contributed by atoms with Crippen LogP contribution in [0, 0.1) is 6.92 Å². The molecule has 0 aromatic carbocycles. The molecule has 10 N–H and O–H groups in total. The largest absolute Gasteiger partial charge is 0.477 e. The maximum atomic E-state index is 10.5. The van der Waals surface area contributed by atoms with E-state index in [4.69, 9.17) is 10.8 Å². The van der Waals surface area contributed by atoms with Crippen LogP contribution in [0.25, 0.3) is 0 Å². The Bertz CT molecular complexity index is 716. The summed E-state index contributed by atoms with van der Waals surface area (Å²) in [6.45, 7) is 1.74. The number of amides is 1. The summed E-state index contributed by atoms with van der Waals surface area (Å²) in [5.41, 5.74) is 3.99. The molecule has 0 saturated heterocycles. The van der Waals surface area contributed by atoms with E-state index in [0.717, 1.165) is 6.07 Å². The molecule has 12 heteroatoms. The number of aryl methyl sites for hydroxylation is 1. The van der Waals surface area contributed by atoms with Gasteiger partial charge in [0.2, 0.25) is 0 Å². The molecule has 0 aliphatic carbocycles. The Morgan fingerprint density at radius 1 is 1.23 bits per heavy atom. The maximum Gasteiger partial charge on any atom is 0.352 e. The van der Waals surface area contributed by atoms with E-state index in [1.54, 1.807) is 6.92 Å². The normalized spacial score (nSPS) is 8.59. The molecule has 0 atom stereocenters. The van der Waals surface area contributed by atoms with Crippen LogP contribution < -0.4 is 17.0 Å². The van der Waals surface area contributed by atoms with Gasteiger partial charge in [-0.1, -0.05) is 0 Å². The average molecular weight is 317 g/mol. The minimum atomic E-state index is -1.34. The molecule has 2 aromatic rings. The molecule has 122 valence electrons. The second-order valence-corrected chi connectivity index (χ2v) is 3.55. The fourth-order valence-corrected chi connectivity index (χ4v) is 1.19. The van der Waals surface area contributed by atoms with Gasteiger partial charge >= 0.3 is 11.7 Å². The van der Waals surface area contributed by atoms with Crippen molar-refractivity contribution in [2.45, 2.75) is 6.92 Å². The van der Waals surface area contributed by atoms with Crippen LogP contribution in [-0.4, -0.2) is 47.9 Å². The van der Waals surface area contributed by atoms with Crippen LogP contribution in [0.4, 0.5) is 0 Å². The summed E-state index contributed by atoms with van der Waals surface area (Å²) in [6.07, 6.45) is 1.44. The lowest BCUT2D eigenvalue weighted by atomic mass is 10.3. The van der Waals surface area contributed by atoms with Gasteiger partial charge in [-0.3, -0.25) is 14.6 Å². The van der Waals surface area contributed by atoms with Gasteiger partial charge in [-0.15, -0.1) is 0 Å². The van der Waals surface area contributed by atoms with Gasteiger partial charge in [-0.05, 0) is 6.92 Å². The van der Waals surface area contributed by atoms with Crippen molar-refractivity contribution >= 4 is 11.9 Å². The first-order valence-corrected chi connectivity index (χ1v) is 5.18. The van der Waals surface area contributed by atoms with Crippen LogP contribution in [0.15, 0.2) is 22.0 Å². The summed E-state index contributed by atoms with van der Waals surface area (Å²) in [6, 6.07) is 0.795. The predicted octanol–water partition coefficient (Wildman–Crippen LogP) is -3.07. The van der Waals surface area contributed by atoms with Gasteiger partial charge in [-0.25, -0.2) is 14.6 Å². The number of nitrogens with two attached hydrogens (primary N) is 1. The Balaban J connectivity index is 0. The van der Waals surface area contributed by atoms with Gasteiger partial charge in [0.25, 0.3) is 11.5 Å². The van der Waals surface area contributed by atoms with E-state index in [-0.39, 0.29) is 11.0 Å². The SMILES string of the molecule is Cc1[nH]cnc1C(N)=O.O.O.O=C(O)c1cc(=O)[nH]c(=O)[nH]1. The Labute approximate surface area is 121 Å². The summed E-state index contributed by atoms with van der Waals surface area (Å²) in [7, 11) is 0. The van der Waals surface area contributed by atoms with Crippen LogP contribution in [0.5, 0.6) is 0 Å². The summed E-state index contributed by atoms with van der Waals surface area (Å²) in [5.74, 6) is -1.83. The number of nitrogens with zero attached hydrogens (tertiary/aromatic N) is 1. The molecule has 0 fully saturated rings. The molecule has 0 bridgehead atoms. The van der Waals surface area contributed by atoms with E-state index in [2.05, 4.69) is 9.97 Å². The van der Waals surface area contributed by atoms with Gasteiger partial charge < -0.3 is 31.8 Å². The smallest absolute Gasteiger partial charge is 0.352 e. The van der Waals surface area contributed by atoms with Crippen molar-refractivity contribution in [1.82, 2.24) is 19.9 Å². The molecular formula is C10H15N5O7. The average Bonchev–Trinajstić information content (AvgIpc) is 2.75. The molecule has 0 unspecified atom stereocenters. The Morgan fingerprint density at radius 2 is 1.82 bits per heavy atom. The highest BCUT2D eigenvalue weighted by Crippen LogP contribution is 1.96. The number of carboxylic acid groups (broad SMARTS) is 1. The number of carboxylic acids is 1. The molecule has 0 radical (unpaired) electrons. The molecule has 2 rings (SSSR count). The lowest BCUT2D eigenvalue weighted by Crippen LogP contribution is -2.24. The predicted molar refractivity (Wildman–Crippen MR) is 73.7 cm³/mol. The molecular weight excluding hydrogens is 302 g/mol. The molecule has 1 amide bonds. The third-order valence-electron chi connectivity index (χ3n) is 2.05. The monoisotopic (exact) mass is 317 g/mol. The minimum absolute atomic E-state index is 0. The van der Waals surface area contributed by atoms with E-state index in [1.807, 2.05) is 9.97 Å². The fourth-order valence-electron chi connectivity index (χ4n) is 1.19.